The van der Waals surface area contributed by atoms with Crippen molar-refractivity contribution in [2.75, 3.05) is 19.8 Å². The molecule has 3 saturated heterocycles. The highest BCUT2D eigenvalue weighted by Crippen LogP contribution is 2.33. The molecule has 3 aliphatic heterocycles. The molecule has 1 aromatic heterocycles. The van der Waals surface area contributed by atoms with Crippen LogP contribution in [0.2, 0.25) is 0 Å². The number of nitrogens with zero attached hydrogens (tertiary/aromatic N) is 1. The van der Waals surface area contributed by atoms with E-state index in [1.807, 2.05) is 0 Å². The molecular formula is C20H29ClN2O7. The highest BCUT2D eigenvalue weighted by atomic mass is 35.5. The van der Waals surface area contributed by atoms with Gasteiger partial charge in [0, 0.05) is 31.4 Å². The molecule has 0 aromatic carbocycles. The van der Waals surface area contributed by atoms with E-state index in [1.54, 1.807) is 0 Å². The summed E-state index contributed by atoms with van der Waals surface area (Å²) in [7, 11) is 0. The maximum Gasteiger partial charge on any atom is 0.330 e. The van der Waals surface area contributed by atoms with Crippen LogP contribution in [-0.4, -0.2) is 54.2 Å². The van der Waals surface area contributed by atoms with Crippen molar-refractivity contribution in [1.82, 2.24) is 9.55 Å². The Bertz CT molecular complexity index is 801. The van der Waals surface area contributed by atoms with Gasteiger partial charge in [-0.15, -0.1) is 11.6 Å². The van der Waals surface area contributed by atoms with Crippen LogP contribution in [0.3, 0.4) is 0 Å². The Hall–Kier alpha value is -1.23. The predicted octanol–water partition coefficient (Wildman–Crippen LogP) is 2.02. The second kappa shape index (κ2) is 10.4. The second-order valence-electron chi connectivity index (χ2n) is 7.94. The number of aromatic amines is 1. The summed E-state index contributed by atoms with van der Waals surface area (Å²) in [4.78, 5) is 26.7. The number of nitrogens with one attached hydrogen (secondary N) is 1. The molecule has 4 heterocycles. The summed E-state index contributed by atoms with van der Waals surface area (Å²) in [6.07, 6.45) is 5.89. The molecule has 3 aliphatic rings. The van der Waals surface area contributed by atoms with Gasteiger partial charge in [-0.05, 0) is 38.5 Å². The molecule has 10 heteroatoms. The van der Waals surface area contributed by atoms with Crippen molar-refractivity contribution in [3.63, 3.8) is 0 Å². The lowest BCUT2D eigenvalue weighted by atomic mass is 10.1. The van der Waals surface area contributed by atoms with Crippen molar-refractivity contribution in [3.8, 4) is 0 Å². The van der Waals surface area contributed by atoms with E-state index >= 15 is 0 Å². The van der Waals surface area contributed by atoms with Gasteiger partial charge in [0.15, 0.2) is 18.8 Å². The number of ether oxygens (including phenoxy) is 5. The first-order valence-corrected chi connectivity index (χ1v) is 11.2. The molecule has 168 valence electrons. The number of hydrogen-bond donors (Lipinski definition) is 1. The van der Waals surface area contributed by atoms with Crippen LogP contribution >= 0.6 is 11.6 Å². The van der Waals surface area contributed by atoms with E-state index in [9.17, 15) is 9.59 Å². The molecule has 1 aromatic rings. The van der Waals surface area contributed by atoms with Crippen molar-refractivity contribution < 1.29 is 23.7 Å². The zero-order chi connectivity index (χ0) is 20.9. The fraction of sp³-hybridized carbons (Fsp3) is 0.800. The maximum atomic E-state index is 12.5. The van der Waals surface area contributed by atoms with Crippen LogP contribution in [0.5, 0.6) is 0 Å². The fourth-order valence-corrected chi connectivity index (χ4v) is 4.26. The predicted molar refractivity (Wildman–Crippen MR) is 107 cm³/mol. The van der Waals surface area contributed by atoms with Crippen LogP contribution in [0.1, 0.15) is 56.7 Å². The summed E-state index contributed by atoms with van der Waals surface area (Å²) in [5, 5.41) is 0. The molecule has 4 unspecified atom stereocenters. The van der Waals surface area contributed by atoms with E-state index in [2.05, 4.69) is 4.98 Å². The Labute approximate surface area is 179 Å². The Kier molecular flexibility index (Phi) is 7.61. The molecule has 0 amide bonds. The van der Waals surface area contributed by atoms with Gasteiger partial charge in [0.2, 0.25) is 0 Å². The summed E-state index contributed by atoms with van der Waals surface area (Å²) < 4.78 is 30.9. The van der Waals surface area contributed by atoms with E-state index in [-0.39, 0.29) is 24.6 Å². The van der Waals surface area contributed by atoms with Crippen molar-refractivity contribution in [1.29, 1.82) is 0 Å². The van der Waals surface area contributed by atoms with Crippen molar-refractivity contribution in [3.05, 3.63) is 32.6 Å². The van der Waals surface area contributed by atoms with Gasteiger partial charge in [-0.3, -0.25) is 14.3 Å². The lowest BCUT2D eigenvalue weighted by molar-refractivity contribution is -0.207. The molecule has 3 fully saturated rings. The highest BCUT2D eigenvalue weighted by molar-refractivity contribution is 6.17. The molecule has 0 saturated carbocycles. The highest BCUT2D eigenvalue weighted by Gasteiger charge is 2.40. The summed E-state index contributed by atoms with van der Waals surface area (Å²) in [5.41, 5.74) is -0.760. The summed E-state index contributed by atoms with van der Waals surface area (Å²) >= 11 is 5.86. The van der Waals surface area contributed by atoms with Gasteiger partial charge < -0.3 is 23.7 Å². The Morgan fingerprint density at radius 2 is 1.83 bits per heavy atom. The average Bonchev–Trinajstić information content (AvgIpc) is 3.16. The summed E-state index contributed by atoms with van der Waals surface area (Å²) in [6, 6.07) is 0. The monoisotopic (exact) mass is 444 g/mol. The molecule has 0 bridgehead atoms. The largest absolute Gasteiger partial charge is 0.353 e. The van der Waals surface area contributed by atoms with E-state index in [0.717, 1.165) is 38.5 Å². The molecule has 9 nitrogen and oxygen atoms in total. The van der Waals surface area contributed by atoms with Crippen LogP contribution in [0.25, 0.3) is 0 Å². The van der Waals surface area contributed by atoms with Gasteiger partial charge in [0.1, 0.15) is 6.10 Å². The third-order valence-electron chi connectivity index (χ3n) is 5.68. The van der Waals surface area contributed by atoms with Gasteiger partial charge in [0.05, 0.1) is 18.6 Å². The Balaban J connectivity index is 1.49. The van der Waals surface area contributed by atoms with Crippen molar-refractivity contribution >= 4 is 11.6 Å². The molecule has 4 rings (SSSR count). The van der Waals surface area contributed by atoms with E-state index in [4.69, 9.17) is 35.3 Å². The lowest BCUT2D eigenvalue weighted by Gasteiger charge is -2.28. The topological polar surface area (TPSA) is 101 Å². The third kappa shape index (κ3) is 5.33. The van der Waals surface area contributed by atoms with Crippen LogP contribution in [0.15, 0.2) is 15.8 Å². The van der Waals surface area contributed by atoms with Crippen LogP contribution in [-0.2, 0) is 29.6 Å². The van der Waals surface area contributed by atoms with E-state index in [1.165, 1.54) is 10.8 Å². The first-order chi connectivity index (χ1) is 14.6. The van der Waals surface area contributed by atoms with E-state index in [0.29, 0.717) is 31.8 Å². The van der Waals surface area contributed by atoms with Crippen LogP contribution in [0.4, 0.5) is 0 Å². The van der Waals surface area contributed by atoms with Crippen molar-refractivity contribution in [2.24, 2.45) is 0 Å². The number of hydrogen-bond acceptors (Lipinski definition) is 7. The average molecular weight is 445 g/mol. The minimum Gasteiger partial charge on any atom is -0.353 e. The SMILES string of the molecule is O=c1[nH]c(=O)n(C2O[C@H](COC3CCCCO3)CC2OC2CCCCO2)cc1CCl. The Morgan fingerprint density at radius 1 is 1.10 bits per heavy atom. The number of halogens is 1. The Morgan fingerprint density at radius 3 is 2.50 bits per heavy atom. The number of rotatable bonds is 7. The molecular weight excluding hydrogens is 416 g/mol. The minimum atomic E-state index is -0.706. The number of alkyl halides is 1. The van der Waals surface area contributed by atoms with Gasteiger partial charge in [-0.25, -0.2) is 4.79 Å². The zero-order valence-corrected chi connectivity index (χ0v) is 17.7. The molecule has 5 atom stereocenters. The standard InChI is InChI=1S/C20H29ClN2O7/c21-10-13-11-23(20(25)22-18(13)24)19-15(30-17-6-2-4-8-27-17)9-14(29-19)12-28-16-5-1-3-7-26-16/h11,14-17,19H,1-10,12H2,(H,22,24,25)/t14-,15?,16?,17?,19?/m0/s1. The normalized spacial score (nSPS) is 32.4. The zero-order valence-electron chi connectivity index (χ0n) is 16.9. The molecule has 0 radical (unpaired) electrons. The van der Waals surface area contributed by atoms with Gasteiger partial charge in [-0.2, -0.15) is 0 Å². The molecule has 0 spiro atoms. The third-order valence-corrected chi connectivity index (χ3v) is 5.96. The molecule has 0 aliphatic carbocycles. The molecule has 30 heavy (non-hydrogen) atoms. The smallest absolute Gasteiger partial charge is 0.330 e. The first kappa shape index (κ1) is 22.0. The summed E-state index contributed by atoms with van der Waals surface area (Å²) in [5.74, 6) is -0.00878. The lowest BCUT2D eigenvalue weighted by Crippen LogP contribution is -2.39. The van der Waals surface area contributed by atoms with Gasteiger partial charge in [-0.1, -0.05) is 0 Å². The van der Waals surface area contributed by atoms with E-state index < -0.39 is 23.6 Å². The van der Waals surface area contributed by atoms with Crippen molar-refractivity contribution in [2.45, 2.75) is 81.8 Å². The van der Waals surface area contributed by atoms with Gasteiger partial charge >= 0.3 is 5.69 Å². The van der Waals surface area contributed by atoms with Crippen LogP contribution < -0.4 is 11.2 Å². The first-order valence-electron chi connectivity index (χ1n) is 10.7. The number of aromatic nitrogens is 2. The molecule has 1 N–H and O–H groups in total. The number of H-pyrrole nitrogens is 1. The minimum absolute atomic E-state index is 0.00878. The fourth-order valence-electron chi connectivity index (χ4n) is 4.07. The van der Waals surface area contributed by atoms with Crippen LogP contribution in [0, 0.1) is 0 Å². The van der Waals surface area contributed by atoms with Gasteiger partial charge in [0.25, 0.3) is 5.56 Å². The quantitative estimate of drug-likeness (QED) is 0.642. The maximum absolute atomic E-state index is 12.5. The summed E-state index contributed by atoms with van der Waals surface area (Å²) in [6.45, 7) is 1.70. The second-order valence-corrected chi connectivity index (χ2v) is 8.21.